The highest BCUT2D eigenvalue weighted by atomic mass is 15.3. The van der Waals surface area contributed by atoms with Crippen LogP contribution in [0.15, 0.2) is 65.6 Å². The lowest BCUT2D eigenvalue weighted by Gasteiger charge is -2.41. The van der Waals surface area contributed by atoms with Crippen LogP contribution in [0.3, 0.4) is 0 Å². The van der Waals surface area contributed by atoms with Crippen LogP contribution < -0.4 is 5.32 Å². The Hall–Kier alpha value is -3.74. The minimum absolute atomic E-state index is 0.392. The van der Waals surface area contributed by atoms with Gasteiger partial charge in [-0.15, -0.1) is 0 Å². The summed E-state index contributed by atoms with van der Waals surface area (Å²) in [6.07, 6.45) is 12.4. The van der Waals surface area contributed by atoms with Crippen LogP contribution in [0.5, 0.6) is 0 Å². The summed E-state index contributed by atoms with van der Waals surface area (Å²) in [5.41, 5.74) is 10.0. The second-order valence-electron chi connectivity index (χ2n) is 10.9. The molecule has 0 spiro atoms. The summed E-state index contributed by atoms with van der Waals surface area (Å²) in [6, 6.07) is 9.74. The maximum atomic E-state index is 9.52. The standard InChI is InChI=1S/C32H38N6/c1-23-16-24(2)30(25(3)37-12-14-38(15-13-37)32-11-7-5-9-27(32)19-34)17-28(23)20-36-21-29(22-36)35-31-10-6-4-8-26(31)18-33/h8-11,16-17,29,35H,3-7,12-15,20-22H2,1-2H3. The summed E-state index contributed by atoms with van der Waals surface area (Å²) in [4.78, 5) is 7.23. The molecule has 6 heteroatoms. The van der Waals surface area contributed by atoms with Crippen LogP contribution in [0.2, 0.25) is 0 Å². The van der Waals surface area contributed by atoms with E-state index in [-0.39, 0.29) is 0 Å². The minimum atomic E-state index is 0.392. The average Bonchev–Trinajstić information content (AvgIpc) is 2.93. The number of rotatable bonds is 7. The SMILES string of the molecule is C=C(c1cc(CN2CC(NC3=CCCC=C3C#N)C2)c(C)cc1C)N1CCN(C2=CCCC=C2C#N)CC1. The number of aryl methyl sites for hydroxylation is 2. The van der Waals surface area contributed by atoms with Crippen molar-refractivity contribution in [1.82, 2.24) is 20.0 Å². The molecule has 0 radical (unpaired) electrons. The lowest BCUT2D eigenvalue weighted by atomic mass is 9.95. The molecule has 2 fully saturated rings. The first-order valence-electron chi connectivity index (χ1n) is 13.9. The van der Waals surface area contributed by atoms with Gasteiger partial charge in [-0.1, -0.05) is 36.9 Å². The number of nitriles is 2. The highest BCUT2D eigenvalue weighted by Gasteiger charge is 2.29. The first-order valence-corrected chi connectivity index (χ1v) is 13.9. The lowest BCUT2D eigenvalue weighted by molar-refractivity contribution is 0.125. The molecule has 6 nitrogen and oxygen atoms in total. The van der Waals surface area contributed by atoms with Crippen LogP contribution in [0.4, 0.5) is 0 Å². The molecule has 0 atom stereocenters. The number of piperazine rings is 1. The van der Waals surface area contributed by atoms with Gasteiger partial charge in [-0.25, -0.2) is 0 Å². The normalized spacial score (nSPS) is 20.3. The number of likely N-dealkylation sites (tertiary alicyclic amines) is 1. The summed E-state index contributed by atoms with van der Waals surface area (Å²) in [7, 11) is 0. The second-order valence-corrected chi connectivity index (χ2v) is 10.9. The third-order valence-corrected chi connectivity index (χ3v) is 8.23. The fraction of sp³-hybridized carbons (Fsp3) is 0.438. The molecule has 2 heterocycles. The number of hydrogen-bond donors (Lipinski definition) is 1. The van der Waals surface area contributed by atoms with Gasteiger partial charge in [-0.05, 0) is 62.3 Å². The molecule has 4 aliphatic rings. The van der Waals surface area contributed by atoms with Gasteiger partial charge >= 0.3 is 0 Å². The van der Waals surface area contributed by atoms with E-state index in [2.05, 4.69) is 82.9 Å². The smallest absolute Gasteiger partial charge is 0.101 e. The molecule has 1 aromatic carbocycles. The Bertz CT molecular complexity index is 1300. The van der Waals surface area contributed by atoms with Gasteiger partial charge in [0, 0.05) is 62.8 Å². The summed E-state index contributed by atoms with van der Waals surface area (Å²) in [5, 5.41) is 22.5. The Kier molecular flexibility index (Phi) is 7.72. The molecule has 38 heavy (non-hydrogen) atoms. The van der Waals surface area contributed by atoms with Crippen LogP contribution in [0.25, 0.3) is 5.70 Å². The van der Waals surface area contributed by atoms with Crippen molar-refractivity contribution in [1.29, 1.82) is 10.5 Å². The van der Waals surface area contributed by atoms with E-state index >= 15 is 0 Å². The first kappa shape index (κ1) is 25.9. The van der Waals surface area contributed by atoms with Gasteiger partial charge < -0.3 is 15.1 Å². The van der Waals surface area contributed by atoms with E-state index in [4.69, 9.17) is 0 Å². The van der Waals surface area contributed by atoms with Crippen molar-refractivity contribution < 1.29 is 0 Å². The van der Waals surface area contributed by atoms with Gasteiger partial charge in [0.25, 0.3) is 0 Å². The molecule has 2 aliphatic heterocycles. The highest BCUT2D eigenvalue weighted by molar-refractivity contribution is 5.66. The summed E-state index contributed by atoms with van der Waals surface area (Å²) in [5.74, 6) is 0. The van der Waals surface area contributed by atoms with Gasteiger partial charge in [-0.3, -0.25) is 4.90 Å². The van der Waals surface area contributed by atoms with Crippen LogP contribution in [-0.2, 0) is 6.54 Å². The van der Waals surface area contributed by atoms with E-state index in [9.17, 15) is 10.5 Å². The first-order chi connectivity index (χ1) is 18.5. The van der Waals surface area contributed by atoms with Crippen LogP contribution >= 0.6 is 0 Å². The minimum Gasteiger partial charge on any atom is -0.379 e. The van der Waals surface area contributed by atoms with Gasteiger partial charge in [0.05, 0.1) is 22.9 Å². The number of allylic oxidation sites excluding steroid dienone is 6. The fourth-order valence-electron chi connectivity index (χ4n) is 6.00. The van der Waals surface area contributed by atoms with Crippen molar-refractivity contribution in [3.8, 4) is 12.1 Å². The third-order valence-electron chi connectivity index (χ3n) is 8.23. The summed E-state index contributed by atoms with van der Waals surface area (Å²) < 4.78 is 0. The van der Waals surface area contributed by atoms with Gasteiger partial charge in [0.15, 0.2) is 0 Å². The average molecular weight is 507 g/mol. The Morgan fingerprint density at radius 2 is 1.55 bits per heavy atom. The van der Waals surface area contributed by atoms with Gasteiger partial charge in [0.1, 0.15) is 12.1 Å². The zero-order chi connectivity index (χ0) is 26.6. The monoisotopic (exact) mass is 506 g/mol. The van der Waals surface area contributed by atoms with Crippen molar-refractivity contribution in [3.63, 3.8) is 0 Å². The fourth-order valence-corrected chi connectivity index (χ4v) is 6.00. The van der Waals surface area contributed by atoms with Crippen LogP contribution in [0.1, 0.15) is 47.9 Å². The van der Waals surface area contributed by atoms with Crippen molar-refractivity contribution >= 4 is 5.70 Å². The Labute approximate surface area is 227 Å². The number of hydrogen-bond acceptors (Lipinski definition) is 6. The molecule has 1 N–H and O–H groups in total. The van der Waals surface area contributed by atoms with Gasteiger partial charge in [-0.2, -0.15) is 10.5 Å². The largest absolute Gasteiger partial charge is 0.379 e. The third kappa shape index (κ3) is 5.42. The number of benzene rings is 1. The van der Waals surface area contributed by atoms with Crippen LogP contribution in [-0.4, -0.2) is 60.0 Å². The number of nitrogens with zero attached hydrogens (tertiary/aromatic N) is 5. The van der Waals surface area contributed by atoms with Crippen molar-refractivity contribution in [2.24, 2.45) is 0 Å². The molecule has 196 valence electrons. The summed E-state index contributed by atoms with van der Waals surface area (Å²) in [6.45, 7) is 15.4. The molecular formula is C32H38N6. The molecule has 0 aromatic heterocycles. The molecule has 2 saturated heterocycles. The molecule has 5 rings (SSSR count). The van der Waals surface area contributed by atoms with Crippen molar-refractivity contribution in [2.45, 2.75) is 52.1 Å². The topological polar surface area (TPSA) is 69.3 Å². The van der Waals surface area contributed by atoms with E-state index in [0.717, 1.165) is 99.7 Å². The quantitative estimate of drug-likeness (QED) is 0.566. The number of nitrogens with one attached hydrogen (secondary N) is 1. The zero-order valence-electron chi connectivity index (χ0n) is 22.8. The Balaban J connectivity index is 1.18. The van der Waals surface area contributed by atoms with E-state index in [1.54, 1.807) is 0 Å². The zero-order valence-corrected chi connectivity index (χ0v) is 22.8. The van der Waals surface area contributed by atoms with Crippen molar-refractivity contribution in [3.05, 3.63) is 87.8 Å². The molecule has 1 aromatic rings. The van der Waals surface area contributed by atoms with Crippen molar-refractivity contribution in [2.75, 3.05) is 39.3 Å². The predicted molar refractivity (Wildman–Crippen MR) is 152 cm³/mol. The molecular weight excluding hydrogens is 468 g/mol. The molecule has 0 saturated carbocycles. The second kappa shape index (κ2) is 11.3. The Morgan fingerprint density at radius 3 is 2.26 bits per heavy atom. The van der Waals surface area contributed by atoms with E-state index in [1.807, 2.05) is 6.08 Å². The molecule has 2 aliphatic carbocycles. The van der Waals surface area contributed by atoms with Gasteiger partial charge in [0.2, 0.25) is 0 Å². The lowest BCUT2D eigenvalue weighted by Crippen LogP contribution is -2.57. The summed E-state index contributed by atoms with van der Waals surface area (Å²) >= 11 is 0. The highest BCUT2D eigenvalue weighted by Crippen LogP contribution is 2.29. The maximum Gasteiger partial charge on any atom is 0.101 e. The maximum absolute atomic E-state index is 9.52. The molecule has 0 amide bonds. The van der Waals surface area contributed by atoms with E-state index in [0.29, 0.717) is 6.04 Å². The molecule has 0 unspecified atom stereocenters. The predicted octanol–water partition coefficient (Wildman–Crippen LogP) is 4.92. The van der Waals surface area contributed by atoms with E-state index in [1.165, 1.54) is 22.3 Å². The van der Waals surface area contributed by atoms with E-state index < -0.39 is 0 Å². The molecule has 0 bridgehead atoms. The Morgan fingerprint density at radius 1 is 0.895 bits per heavy atom. The van der Waals surface area contributed by atoms with Crippen LogP contribution in [0, 0.1) is 36.5 Å².